The molecule has 1 unspecified atom stereocenters. The number of carbonyl (C=O) groups is 1. The highest BCUT2D eigenvalue weighted by molar-refractivity contribution is 9.10. The average Bonchev–Trinajstić information content (AvgIpc) is 2.37. The van der Waals surface area contributed by atoms with Crippen LogP contribution in [0.4, 0.5) is 0 Å². The Balaban J connectivity index is 2.08. The maximum Gasteiger partial charge on any atom is 0.223 e. The summed E-state index contributed by atoms with van der Waals surface area (Å²) in [6.07, 6.45) is 1.52. The molecule has 1 rings (SSSR count). The first-order valence-electron chi connectivity index (χ1n) is 6.41. The van der Waals surface area contributed by atoms with Crippen molar-refractivity contribution >= 4 is 21.8 Å². The number of carbonyl (C=O) groups excluding carboxylic acids is 1. The van der Waals surface area contributed by atoms with Crippen LogP contribution >= 0.6 is 15.9 Å². The summed E-state index contributed by atoms with van der Waals surface area (Å²) < 4.78 is 6.45. The molecule has 0 spiro atoms. The fraction of sp³-hybridized carbons (Fsp3) is 0.500. The number of ether oxygens (including phenoxy) is 1. The van der Waals surface area contributed by atoms with Gasteiger partial charge in [0.15, 0.2) is 0 Å². The van der Waals surface area contributed by atoms with Crippen LogP contribution in [0.5, 0.6) is 5.75 Å². The first kappa shape index (κ1) is 16.0. The van der Waals surface area contributed by atoms with Gasteiger partial charge in [-0.25, -0.2) is 0 Å². The van der Waals surface area contributed by atoms with Crippen LogP contribution in [0.3, 0.4) is 0 Å². The number of hydrogen-bond acceptors (Lipinski definition) is 3. The van der Waals surface area contributed by atoms with Crippen LogP contribution < -0.4 is 10.1 Å². The molecule has 0 aromatic heterocycles. The minimum absolute atomic E-state index is 0.0253. The normalized spacial score (nSPS) is 11.9. The van der Waals surface area contributed by atoms with Gasteiger partial charge in [0.25, 0.3) is 0 Å². The van der Waals surface area contributed by atoms with Crippen molar-refractivity contribution in [1.29, 1.82) is 0 Å². The first-order valence-corrected chi connectivity index (χ1v) is 7.20. The van der Waals surface area contributed by atoms with E-state index in [9.17, 15) is 4.79 Å². The Bertz CT molecular complexity index is 379. The van der Waals surface area contributed by atoms with E-state index in [4.69, 9.17) is 9.84 Å². The SMILES string of the molecule is CC(O)CCCNC(=O)CCOc1ccc(Br)cc1. The van der Waals surface area contributed by atoms with E-state index in [0.29, 0.717) is 26.0 Å². The molecule has 0 aliphatic heterocycles. The fourth-order valence-electron chi connectivity index (χ4n) is 1.51. The first-order chi connectivity index (χ1) is 9.08. The van der Waals surface area contributed by atoms with Crippen LogP contribution in [0, 0.1) is 0 Å². The molecule has 0 heterocycles. The maximum absolute atomic E-state index is 11.5. The number of aliphatic hydroxyl groups excluding tert-OH is 1. The Morgan fingerprint density at radius 3 is 2.74 bits per heavy atom. The fourth-order valence-corrected chi connectivity index (χ4v) is 1.77. The zero-order chi connectivity index (χ0) is 14.1. The van der Waals surface area contributed by atoms with E-state index in [2.05, 4.69) is 21.2 Å². The van der Waals surface area contributed by atoms with Crippen LogP contribution in [0.1, 0.15) is 26.2 Å². The lowest BCUT2D eigenvalue weighted by Crippen LogP contribution is -2.26. The molecule has 1 amide bonds. The lowest BCUT2D eigenvalue weighted by Gasteiger charge is -2.08. The maximum atomic E-state index is 11.5. The third-order valence-corrected chi connectivity index (χ3v) is 3.06. The zero-order valence-electron chi connectivity index (χ0n) is 11.1. The van der Waals surface area contributed by atoms with Crippen molar-refractivity contribution in [3.63, 3.8) is 0 Å². The van der Waals surface area contributed by atoms with Crippen LogP contribution in [0.25, 0.3) is 0 Å². The Morgan fingerprint density at radius 2 is 2.11 bits per heavy atom. The predicted octanol–water partition coefficient (Wildman–Crippen LogP) is 2.50. The lowest BCUT2D eigenvalue weighted by atomic mass is 10.2. The molecule has 0 aliphatic rings. The van der Waals surface area contributed by atoms with Crippen molar-refractivity contribution in [1.82, 2.24) is 5.32 Å². The Morgan fingerprint density at radius 1 is 1.42 bits per heavy atom. The standard InChI is InChI=1S/C14H20BrNO3/c1-11(17)3-2-9-16-14(18)8-10-19-13-6-4-12(15)5-7-13/h4-7,11,17H,2-3,8-10H2,1H3,(H,16,18). The van der Waals surface area contributed by atoms with E-state index >= 15 is 0 Å². The molecule has 2 N–H and O–H groups in total. The smallest absolute Gasteiger partial charge is 0.223 e. The van der Waals surface area contributed by atoms with Gasteiger partial charge in [0, 0.05) is 11.0 Å². The molecule has 1 aromatic rings. The Hall–Kier alpha value is -1.07. The van der Waals surface area contributed by atoms with Crippen LogP contribution in [0.15, 0.2) is 28.7 Å². The molecule has 4 nitrogen and oxygen atoms in total. The molecular formula is C14H20BrNO3. The Labute approximate surface area is 122 Å². The number of halogens is 1. The Kier molecular flexibility index (Phi) is 7.52. The van der Waals surface area contributed by atoms with Crippen molar-refractivity contribution in [3.8, 4) is 5.75 Å². The molecule has 1 atom stereocenters. The van der Waals surface area contributed by atoms with Gasteiger partial charge in [0.2, 0.25) is 5.91 Å². The molecule has 106 valence electrons. The second-order valence-electron chi connectivity index (χ2n) is 4.39. The topological polar surface area (TPSA) is 58.6 Å². The molecule has 0 aliphatic carbocycles. The summed E-state index contributed by atoms with van der Waals surface area (Å²) in [4.78, 5) is 11.5. The second-order valence-corrected chi connectivity index (χ2v) is 5.31. The van der Waals surface area contributed by atoms with E-state index in [0.717, 1.165) is 16.6 Å². The van der Waals surface area contributed by atoms with Crippen molar-refractivity contribution in [2.75, 3.05) is 13.2 Å². The molecule has 0 radical (unpaired) electrons. The van der Waals surface area contributed by atoms with E-state index in [1.807, 2.05) is 24.3 Å². The van der Waals surface area contributed by atoms with Crippen molar-refractivity contribution in [3.05, 3.63) is 28.7 Å². The summed E-state index contributed by atoms with van der Waals surface area (Å²) >= 11 is 3.34. The summed E-state index contributed by atoms with van der Waals surface area (Å²) in [6, 6.07) is 7.49. The number of aliphatic hydroxyl groups is 1. The largest absolute Gasteiger partial charge is 0.493 e. The molecule has 0 saturated heterocycles. The average molecular weight is 330 g/mol. The monoisotopic (exact) mass is 329 g/mol. The van der Waals surface area contributed by atoms with Gasteiger partial charge in [-0.2, -0.15) is 0 Å². The molecule has 5 heteroatoms. The molecule has 19 heavy (non-hydrogen) atoms. The van der Waals surface area contributed by atoms with E-state index < -0.39 is 0 Å². The van der Waals surface area contributed by atoms with Crippen molar-refractivity contribution < 1.29 is 14.6 Å². The van der Waals surface area contributed by atoms with Crippen LogP contribution in [-0.4, -0.2) is 30.3 Å². The molecule has 1 aromatic carbocycles. The van der Waals surface area contributed by atoms with Crippen LogP contribution in [-0.2, 0) is 4.79 Å². The van der Waals surface area contributed by atoms with Crippen molar-refractivity contribution in [2.45, 2.75) is 32.3 Å². The van der Waals surface area contributed by atoms with Gasteiger partial charge in [-0.1, -0.05) is 15.9 Å². The molecule has 0 bridgehead atoms. The second kappa shape index (κ2) is 8.93. The van der Waals surface area contributed by atoms with Gasteiger partial charge < -0.3 is 15.2 Å². The van der Waals surface area contributed by atoms with Gasteiger partial charge >= 0.3 is 0 Å². The molecule has 0 saturated carbocycles. The quantitative estimate of drug-likeness (QED) is 0.720. The molecular weight excluding hydrogens is 310 g/mol. The number of hydrogen-bond donors (Lipinski definition) is 2. The van der Waals surface area contributed by atoms with Gasteiger partial charge in [0.1, 0.15) is 5.75 Å². The van der Waals surface area contributed by atoms with Crippen LogP contribution in [0.2, 0.25) is 0 Å². The van der Waals surface area contributed by atoms with Gasteiger partial charge in [-0.05, 0) is 44.0 Å². The van der Waals surface area contributed by atoms with Gasteiger partial charge in [-0.3, -0.25) is 4.79 Å². The number of rotatable bonds is 8. The lowest BCUT2D eigenvalue weighted by molar-refractivity contribution is -0.121. The number of amides is 1. The minimum Gasteiger partial charge on any atom is -0.493 e. The third kappa shape index (κ3) is 7.85. The highest BCUT2D eigenvalue weighted by Gasteiger charge is 2.02. The highest BCUT2D eigenvalue weighted by Crippen LogP contribution is 2.16. The number of nitrogens with one attached hydrogen (secondary N) is 1. The van der Waals surface area contributed by atoms with Gasteiger partial charge in [-0.15, -0.1) is 0 Å². The predicted molar refractivity (Wildman–Crippen MR) is 78.2 cm³/mol. The summed E-state index contributed by atoms with van der Waals surface area (Å²) in [5, 5.41) is 11.9. The zero-order valence-corrected chi connectivity index (χ0v) is 12.6. The van der Waals surface area contributed by atoms with E-state index in [1.165, 1.54) is 0 Å². The van der Waals surface area contributed by atoms with Gasteiger partial charge in [0.05, 0.1) is 19.1 Å². The highest BCUT2D eigenvalue weighted by atomic mass is 79.9. The summed E-state index contributed by atoms with van der Waals surface area (Å²) in [5.74, 6) is 0.729. The summed E-state index contributed by atoms with van der Waals surface area (Å²) in [6.45, 7) is 2.71. The summed E-state index contributed by atoms with van der Waals surface area (Å²) in [5.41, 5.74) is 0. The molecule has 0 fully saturated rings. The van der Waals surface area contributed by atoms with Crippen molar-refractivity contribution in [2.24, 2.45) is 0 Å². The minimum atomic E-state index is -0.308. The third-order valence-electron chi connectivity index (χ3n) is 2.53. The van der Waals surface area contributed by atoms with E-state index in [1.54, 1.807) is 6.92 Å². The summed E-state index contributed by atoms with van der Waals surface area (Å²) in [7, 11) is 0. The van der Waals surface area contributed by atoms with E-state index in [-0.39, 0.29) is 12.0 Å². The number of benzene rings is 1.